The molecule has 0 spiro atoms. The Balaban J connectivity index is 1.42. The van der Waals surface area contributed by atoms with Gasteiger partial charge in [-0.25, -0.2) is 9.37 Å². The summed E-state index contributed by atoms with van der Waals surface area (Å²) in [5.41, 5.74) is 7.26. The molecule has 37 heavy (non-hydrogen) atoms. The third-order valence-corrected chi connectivity index (χ3v) is 7.43. The number of halogens is 4. The van der Waals surface area contributed by atoms with Crippen LogP contribution in [0.4, 0.5) is 17.6 Å². The van der Waals surface area contributed by atoms with Crippen LogP contribution in [0.3, 0.4) is 0 Å². The van der Waals surface area contributed by atoms with Crippen molar-refractivity contribution in [3.05, 3.63) is 81.8 Å². The summed E-state index contributed by atoms with van der Waals surface area (Å²) in [6.07, 6.45) is 3.00. The monoisotopic (exact) mass is 530 g/mol. The van der Waals surface area contributed by atoms with Crippen LogP contribution in [0.5, 0.6) is 5.75 Å². The second kappa shape index (κ2) is 9.62. The van der Waals surface area contributed by atoms with Gasteiger partial charge in [0.25, 0.3) is 5.91 Å². The third-order valence-electron chi connectivity index (χ3n) is 6.30. The van der Waals surface area contributed by atoms with E-state index in [1.165, 1.54) is 25.1 Å². The summed E-state index contributed by atoms with van der Waals surface area (Å²) in [7, 11) is 0. The topological polar surface area (TPSA) is 82.5 Å². The molecule has 2 aliphatic rings. The van der Waals surface area contributed by atoms with E-state index in [-0.39, 0.29) is 28.5 Å². The number of primary amides is 1. The summed E-state index contributed by atoms with van der Waals surface area (Å²) in [6.45, 7) is 1.49. The van der Waals surface area contributed by atoms with Gasteiger partial charge in [-0.05, 0) is 24.6 Å². The van der Waals surface area contributed by atoms with Gasteiger partial charge in [0.1, 0.15) is 28.1 Å². The standard InChI is InChI=1S/C26H22F4N4O2S/c1-14(17-4-2-3-5-18(17)26(28,29)30)36-21-11-23(37-24(21)25(31)35)34-13-33-19-10-15(6-8-20(19)34)16-7-9-22(27)32-12-16/h2-8,11-15,22H,9-10H2,1H3,(H2,31,35)/t14-,15?,22?/m1/s1. The molecule has 1 aliphatic heterocycles. The molecule has 192 valence electrons. The number of hydrogen-bond acceptors (Lipinski definition) is 5. The van der Waals surface area contributed by atoms with Crippen LogP contribution in [-0.2, 0) is 12.6 Å². The van der Waals surface area contributed by atoms with Crippen molar-refractivity contribution in [1.29, 1.82) is 0 Å². The highest BCUT2D eigenvalue weighted by Gasteiger charge is 2.35. The lowest BCUT2D eigenvalue weighted by molar-refractivity contribution is -0.139. The Morgan fingerprint density at radius 2 is 2.08 bits per heavy atom. The maximum atomic E-state index is 13.5. The summed E-state index contributed by atoms with van der Waals surface area (Å²) < 4.78 is 61.5. The van der Waals surface area contributed by atoms with E-state index in [1.54, 1.807) is 23.2 Å². The molecule has 1 amide bonds. The van der Waals surface area contributed by atoms with Crippen molar-refractivity contribution in [3.63, 3.8) is 0 Å². The summed E-state index contributed by atoms with van der Waals surface area (Å²) in [4.78, 5) is 20.6. The fourth-order valence-electron chi connectivity index (χ4n) is 4.48. The van der Waals surface area contributed by atoms with E-state index in [0.717, 1.165) is 34.4 Å². The molecule has 2 unspecified atom stereocenters. The molecule has 1 aromatic carbocycles. The maximum absolute atomic E-state index is 13.5. The van der Waals surface area contributed by atoms with E-state index < -0.39 is 30.0 Å². The predicted octanol–water partition coefficient (Wildman–Crippen LogP) is 6.07. The van der Waals surface area contributed by atoms with Crippen LogP contribution in [0, 0.1) is 5.92 Å². The Morgan fingerprint density at radius 3 is 2.78 bits per heavy atom. The van der Waals surface area contributed by atoms with Crippen LogP contribution in [0.1, 0.15) is 51.6 Å². The zero-order chi connectivity index (χ0) is 26.3. The number of imidazole rings is 1. The molecule has 11 heteroatoms. The lowest BCUT2D eigenvalue weighted by Gasteiger charge is -2.20. The van der Waals surface area contributed by atoms with Crippen molar-refractivity contribution in [2.45, 2.75) is 38.3 Å². The number of carbonyl (C=O) groups is 1. The van der Waals surface area contributed by atoms with E-state index in [4.69, 9.17) is 10.5 Å². The number of rotatable bonds is 6. The minimum absolute atomic E-state index is 0.0186. The van der Waals surface area contributed by atoms with Gasteiger partial charge in [-0.1, -0.05) is 30.4 Å². The number of hydrogen-bond donors (Lipinski definition) is 1. The van der Waals surface area contributed by atoms with Gasteiger partial charge in [-0.2, -0.15) is 13.2 Å². The number of aliphatic imine (C=N–C) groups is 1. The predicted molar refractivity (Wildman–Crippen MR) is 133 cm³/mol. The highest BCUT2D eigenvalue weighted by atomic mass is 32.1. The Morgan fingerprint density at radius 1 is 1.30 bits per heavy atom. The van der Waals surface area contributed by atoms with Gasteiger partial charge in [-0.3, -0.25) is 14.4 Å². The van der Waals surface area contributed by atoms with Crippen molar-refractivity contribution in [3.8, 4) is 10.8 Å². The molecule has 0 saturated heterocycles. The number of amides is 1. The molecule has 5 rings (SSSR count). The zero-order valence-electron chi connectivity index (χ0n) is 19.6. The van der Waals surface area contributed by atoms with Gasteiger partial charge in [0.2, 0.25) is 0 Å². The minimum atomic E-state index is -4.55. The lowest BCUT2D eigenvalue weighted by atomic mass is 9.88. The Kier molecular flexibility index (Phi) is 6.49. The number of nitrogens with two attached hydrogens (primary N) is 1. The first-order valence-electron chi connectivity index (χ1n) is 11.5. The first-order valence-corrected chi connectivity index (χ1v) is 12.3. The first kappa shape index (κ1) is 24.9. The average molecular weight is 531 g/mol. The number of allylic oxidation sites excluding steroid dienone is 2. The summed E-state index contributed by atoms with van der Waals surface area (Å²) in [5, 5.41) is 0.579. The van der Waals surface area contributed by atoms with Crippen LogP contribution in [0.25, 0.3) is 11.1 Å². The summed E-state index contributed by atoms with van der Waals surface area (Å²) in [5.74, 6) is -0.631. The molecule has 2 N–H and O–H groups in total. The molecule has 0 radical (unpaired) electrons. The smallest absolute Gasteiger partial charge is 0.416 e. The quantitative estimate of drug-likeness (QED) is 0.310. The lowest BCUT2D eigenvalue weighted by Crippen LogP contribution is -2.15. The normalized spacial score (nSPS) is 19.9. The molecule has 3 aromatic rings. The van der Waals surface area contributed by atoms with Gasteiger partial charge < -0.3 is 10.5 Å². The minimum Gasteiger partial charge on any atom is -0.484 e. The van der Waals surface area contributed by atoms with Crippen LogP contribution in [0.2, 0.25) is 0 Å². The van der Waals surface area contributed by atoms with Gasteiger partial charge in [0, 0.05) is 36.6 Å². The van der Waals surface area contributed by atoms with E-state index in [0.29, 0.717) is 11.4 Å². The van der Waals surface area contributed by atoms with E-state index in [9.17, 15) is 22.4 Å². The highest BCUT2D eigenvalue weighted by molar-refractivity contribution is 7.16. The number of thiophene rings is 1. The van der Waals surface area contributed by atoms with Crippen molar-refractivity contribution in [2.75, 3.05) is 0 Å². The van der Waals surface area contributed by atoms with Gasteiger partial charge in [-0.15, -0.1) is 11.3 Å². The molecular weight excluding hydrogens is 508 g/mol. The fourth-order valence-corrected chi connectivity index (χ4v) is 5.41. The van der Waals surface area contributed by atoms with Gasteiger partial charge in [0.05, 0.1) is 17.0 Å². The molecule has 0 bridgehead atoms. The number of dihydropyridines is 1. The number of benzene rings is 1. The van der Waals surface area contributed by atoms with Crippen LogP contribution < -0.4 is 10.5 Å². The number of alkyl halides is 4. The second-order valence-electron chi connectivity index (χ2n) is 8.76. The van der Waals surface area contributed by atoms with Crippen molar-refractivity contribution in [1.82, 2.24) is 9.55 Å². The largest absolute Gasteiger partial charge is 0.484 e. The SMILES string of the molecule is C[C@@H](Oc1cc(-n2cnc3c2C=CC(C2=CCC(F)N=C2)C3)sc1C(N)=O)c1ccccc1C(F)(F)F. The number of fused-ring (bicyclic) bond motifs is 1. The summed E-state index contributed by atoms with van der Waals surface area (Å²) >= 11 is 1.07. The third kappa shape index (κ3) is 4.95. The molecular formula is C26H22F4N4O2S. The van der Waals surface area contributed by atoms with Crippen molar-refractivity contribution >= 4 is 29.5 Å². The molecule has 3 heterocycles. The first-order chi connectivity index (χ1) is 17.6. The van der Waals surface area contributed by atoms with Crippen molar-refractivity contribution < 1.29 is 27.1 Å². The van der Waals surface area contributed by atoms with Crippen molar-refractivity contribution in [2.24, 2.45) is 16.6 Å². The second-order valence-corrected chi connectivity index (χ2v) is 9.79. The van der Waals surface area contributed by atoms with Crippen LogP contribution in [-0.4, -0.2) is 28.0 Å². The molecule has 0 saturated carbocycles. The summed E-state index contributed by atoms with van der Waals surface area (Å²) in [6, 6.07) is 6.73. The number of aromatic nitrogens is 2. The molecule has 6 nitrogen and oxygen atoms in total. The Hall–Kier alpha value is -3.73. The van der Waals surface area contributed by atoms with Gasteiger partial charge in [0.15, 0.2) is 6.30 Å². The Bertz CT molecular complexity index is 1440. The van der Waals surface area contributed by atoms with Crippen LogP contribution >= 0.6 is 11.3 Å². The van der Waals surface area contributed by atoms with Gasteiger partial charge >= 0.3 is 6.18 Å². The molecule has 2 aromatic heterocycles. The van der Waals surface area contributed by atoms with Crippen LogP contribution in [0.15, 0.2) is 59.4 Å². The molecule has 3 atom stereocenters. The van der Waals surface area contributed by atoms with E-state index >= 15 is 0 Å². The number of nitrogens with zero attached hydrogens (tertiary/aromatic N) is 3. The van der Waals surface area contributed by atoms with E-state index in [1.807, 2.05) is 18.2 Å². The Labute approximate surface area is 213 Å². The highest BCUT2D eigenvalue weighted by Crippen LogP contribution is 2.40. The maximum Gasteiger partial charge on any atom is 0.416 e. The molecule has 0 fully saturated rings. The van der Waals surface area contributed by atoms with E-state index in [2.05, 4.69) is 9.98 Å². The zero-order valence-corrected chi connectivity index (χ0v) is 20.4. The molecule has 1 aliphatic carbocycles. The number of ether oxygens (including phenoxy) is 1. The fraction of sp³-hybridized carbons (Fsp3) is 0.269. The average Bonchev–Trinajstić information content (AvgIpc) is 3.47. The number of carbonyl (C=O) groups excluding carboxylic acids is 1.